The van der Waals surface area contributed by atoms with Crippen LogP contribution in [0.25, 0.3) is 0 Å². The van der Waals surface area contributed by atoms with E-state index in [2.05, 4.69) is 34.8 Å². The van der Waals surface area contributed by atoms with Gasteiger partial charge in [0.1, 0.15) is 0 Å². The summed E-state index contributed by atoms with van der Waals surface area (Å²) in [7, 11) is 0. The van der Waals surface area contributed by atoms with Crippen LogP contribution in [-0.4, -0.2) is 5.91 Å². The van der Waals surface area contributed by atoms with Gasteiger partial charge in [-0.3, -0.25) is 4.79 Å². The lowest BCUT2D eigenvalue weighted by atomic mass is 10.2. The van der Waals surface area contributed by atoms with Crippen molar-refractivity contribution in [3.8, 4) is 0 Å². The van der Waals surface area contributed by atoms with Crippen molar-refractivity contribution >= 4 is 34.2 Å². The van der Waals surface area contributed by atoms with Gasteiger partial charge in [-0.15, -0.1) is 0 Å². The summed E-state index contributed by atoms with van der Waals surface area (Å²) in [5.41, 5.74) is 0.886. The number of rotatable bonds is 5. The van der Waals surface area contributed by atoms with Crippen LogP contribution < -0.4 is 5.32 Å². The van der Waals surface area contributed by atoms with Crippen LogP contribution in [-0.2, 0) is 4.79 Å². The Morgan fingerprint density at radius 3 is 2.53 bits per heavy atom. The molecule has 0 radical (unpaired) electrons. The number of amides is 1. The Kier molecular flexibility index (Phi) is 5.68. The molecule has 2 nitrogen and oxygen atoms in total. The fraction of sp³-hybridized carbons (Fsp3) is 0.417. The molecule has 1 aromatic carbocycles. The van der Waals surface area contributed by atoms with Crippen LogP contribution in [0.15, 0.2) is 24.3 Å². The highest BCUT2D eigenvalue weighted by Crippen LogP contribution is 2.11. The third-order valence-corrected chi connectivity index (χ3v) is 2.85. The van der Waals surface area contributed by atoms with Crippen LogP contribution in [0.5, 0.6) is 0 Å². The molecule has 0 aliphatic heterocycles. The molecule has 1 aromatic rings. The second-order valence-corrected chi connectivity index (χ2v) is 4.76. The van der Waals surface area contributed by atoms with Crippen molar-refractivity contribution in [3.05, 3.63) is 27.8 Å². The third kappa shape index (κ3) is 5.16. The first kappa shape index (κ1) is 12.5. The summed E-state index contributed by atoms with van der Waals surface area (Å²) in [6.07, 6.45) is 3.88. The van der Waals surface area contributed by atoms with E-state index in [1.807, 2.05) is 24.3 Å². The van der Waals surface area contributed by atoms with E-state index in [0.29, 0.717) is 6.42 Å². The Balaban J connectivity index is 2.34. The van der Waals surface area contributed by atoms with Gasteiger partial charge < -0.3 is 5.32 Å². The van der Waals surface area contributed by atoms with Crippen molar-refractivity contribution in [2.75, 3.05) is 5.32 Å². The van der Waals surface area contributed by atoms with Crippen molar-refractivity contribution in [1.29, 1.82) is 0 Å². The summed E-state index contributed by atoms with van der Waals surface area (Å²) in [5.74, 6) is 0.115. The van der Waals surface area contributed by atoms with Crippen molar-refractivity contribution < 1.29 is 4.79 Å². The molecule has 0 bridgehead atoms. The van der Waals surface area contributed by atoms with E-state index in [0.717, 1.165) is 24.9 Å². The minimum atomic E-state index is 0.115. The quantitative estimate of drug-likeness (QED) is 0.649. The average Bonchev–Trinajstić information content (AvgIpc) is 2.22. The summed E-state index contributed by atoms with van der Waals surface area (Å²) >= 11 is 2.25. The van der Waals surface area contributed by atoms with E-state index in [4.69, 9.17) is 0 Å². The molecule has 1 rings (SSSR count). The largest absolute Gasteiger partial charge is 0.326 e. The van der Waals surface area contributed by atoms with E-state index in [1.54, 1.807) is 0 Å². The number of carbonyl (C=O) groups is 1. The highest BCUT2D eigenvalue weighted by Gasteiger charge is 2.01. The molecular formula is C12H16INO. The lowest BCUT2D eigenvalue weighted by Gasteiger charge is -2.04. The number of hydrogen-bond donors (Lipinski definition) is 1. The van der Waals surface area contributed by atoms with Crippen LogP contribution in [0, 0.1) is 3.57 Å². The topological polar surface area (TPSA) is 29.1 Å². The van der Waals surface area contributed by atoms with Crippen molar-refractivity contribution in [1.82, 2.24) is 0 Å². The van der Waals surface area contributed by atoms with Crippen molar-refractivity contribution in [3.63, 3.8) is 0 Å². The van der Waals surface area contributed by atoms with E-state index < -0.39 is 0 Å². The zero-order valence-electron chi connectivity index (χ0n) is 8.92. The summed E-state index contributed by atoms with van der Waals surface area (Å²) in [6.45, 7) is 2.14. The average molecular weight is 317 g/mol. The number of nitrogens with one attached hydrogen (secondary N) is 1. The minimum Gasteiger partial charge on any atom is -0.326 e. The molecule has 15 heavy (non-hydrogen) atoms. The molecule has 82 valence electrons. The second kappa shape index (κ2) is 6.82. The third-order valence-electron chi connectivity index (χ3n) is 2.14. The standard InChI is InChI=1S/C12H16INO/c1-2-3-4-5-12(15)14-11-8-6-10(13)7-9-11/h6-9H,2-5H2,1H3,(H,14,15). The molecule has 0 aliphatic carbocycles. The van der Waals surface area contributed by atoms with E-state index in [9.17, 15) is 4.79 Å². The SMILES string of the molecule is CCCCCC(=O)Nc1ccc(I)cc1. The normalized spacial score (nSPS) is 10.0. The van der Waals surface area contributed by atoms with Gasteiger partial charge in [0, 0.05) is 15.7 Å². The molecule has 1 N–H and O–H groups in total. The number of carbonyl (C=O) groups excluding carboxylic acids is 1. The smallest absolute Gasteiger partial charge is 0.224 e. The first-order chi connectivity index (χ1) is 7.22. The Bertz CT molecular complexity index is 308. The van der Waals surface area contributed by atoms with Gasteiger partial charge in [0.25, 0.3) is 0 Å². The van der Waals surface area contributed by atoms with Crippen molar-refractivity contribution in [2.24, 2.45) is 0 Å². The summed E-state index contributed by atoms with van der Waals surface area (Å²) < 4.78 is 1.18. The number of unbranched alkanes of at least 4 members (excludes halogenated alkanes) is 2. The Hall–Kier alpha value is -0.580. The fourth-order valence-electron chi connectivity index (χ4n) is 1.29. The van der Waals surface area contributed by atoms with E-state index >= 15 is 0 Å². The molecule has 0 saturated carbocycles. The highest BCUT2D eigenvalue weighted by atomic mass is 127. The van der Waals surface area contributed by atoms with Gasteiger partial charge >= 0.3 is 0 Å². The lowest BCUT2D eigenvalue weighted by molar-refractivity contribution is -0.116. The van der Waals surface area contributed by atoms with E-state index in [-0.39, 0.29) is 5.91 Å². The van der Waals surface area contributed by atoms with Crippen molar-refractivity contribution in [2.45, 2.75) is 32.6 Å². The molecular weight excluding hydrogens is 301 g/mol. The summed E-state index contributed by atoms with van der Waals surface area (Å²) in [6, 6.07) is 7.84. The van der Waals surface area contributed by atoms with Gasteiger partial charge in [0.2, 0.25) is 5.91 Å². The predicted molar refractivity (Wildman–Crippen MR) is 71.9 cm³/mol. The Labute approximate surface area is 105 Å². The number of benzene rings is 1. The highest BCUT2D eigenvalue weighted by molar-refractivity contribution is 14.1. The van der Waals surface area contributed by atoms with Gasteiger partial charge in [-0.2, -0.15) is 0 Å². The van der Waals surface area contributed by atoms with Crippen LogP contribution in [0.4, 0.5) is 5.69 Å². The summed E-state index contributed by atoms with van der Waals surface area (Å²) in [4.78, 5) is 11.5. The number of hydrogen-bond acceptors (Lipinski definition) is 1. The van der Waals surface area contributed by atoms with Gasteiger partial charge in [0.15, 0.2) is 0 Å². The molecule has 0 saturated heterocycles. The molecule has 0 unspecified atom stereocenters. The van der Waals surface area contributed by atoms with Crippen LogP contribution in [0.3, 0.4) is 0 Å². The maximum atomic E-state index is 11.5. The Morgan fingerprint density at radius 2 is 1.93 bits per heavy atom. The maximum absolute atomic E-state index is 11.5. The first-order valence-electron chi connectivity index (χ1n) is 5.28. The maximum Gasteiger partial charge on any atom is 0.224 e. The molecule has 0 spiro atoms. The van der Waals surface area contributed by atoms with Crippen LogP contribution >= 0.6 is 22.6 Å². The van der Waals surface area contributed by atoms with Gasteiger partial charge in [0.05, 0.1) is 0 Å². The lowest BCUT2D eigenvalue weighted by Crippen LogP contribution is -2.10. The first-order valence-corrected chi connectivity index (χ1v) is 6.35. The molecule has 0 aliphatic rings. The zero-order valence-corrected chi connectivity index (χ0v) is 11.1. The number of anilines is 1. The predicted octanol–water partition coefficient (Wildman–Crippen LogP) is 3.81. The zero-order chi connectivity index (χ0) is 11.1. The van der Waals surface area contributed by atoms with E-state index in [1.165, 1.54) is 3.57 Å². The molecule has 1 amide bonds. The molecule has 3 heteroatoms. The molecule has 0 aromatic heterocycles. The Morgan fingerprint density at radius 1 is 1.27 bits per heavy atom. The monoisotopic (exact) mass is 317 g/mol. The van der Waals surface area contributed by atoms with Crippen LogP contribution in [0.2, 0.25) is 0 Å². The molecule has 0 atom stereocenters. The summed E-state index contributed by atoms with van der Waals surface area (Å²) in [5, 5.41) is 2.89. The molecule has 0 fully saturated rings. The minimum absolute atomic E-state index is 0.115. The molecule has 0 heterocycles. The second-order valence-electron chi connectivity index (χ2n) is 3.51. The fourth-order valence-corrected chi connectivity index (χ4v) is 1.65. The van der Waals surface area contributed by atoms with Crippen LogP contribution in [0.1, 0.15) is 32.6 Å². The van der Waals surface area contributed by atoms with Gasteiger partial charge in [-0.05, 0) is 53.3 Å². The van der Waals surface area contributed by atoms with Gasteiger partial charge in [-0.1, -0.05) is 19.8 Å². The van der Waals surface area contributed by atoms with Gasteiger partial charge in [-0.25, -0.2) is 0 Å². The number of halogens is 1.